The van der Waals surface area contributed by atoms with E-state index in [1.807, 2.05) is 54.6 Å². The molecule has 1 aliphatic rings. The standard InChI is InChI=1S/C18H16IN3O2/c1-11-15(17(23)21-14-5-3-2-4-6-14)16(22-18(24)20-11)12-7-9-13(19)10-8-12/h2-10,16H,1H3,(H,21,23)(H2,20,22,24)/t16-/m1/s1. The summed E-state index contributed by atoms with van der Waals surface area (Å²) in [7, 11) is 0. The number of para-hydroxylation sites is 1. The van der Waals surface area contributed by atoms with Crippen LogP contribution in [0.3, 0.4) is 0 Å². The molecule has 1 aliphatic heterocycles. The summed E-state index contributed by atoms with van der Waals surface area (Å²) in [6.07, 6.45) is 0. The van der Waals surface area contributed by atoms with Crippen molar-refractivity contribution >= 4 is 40.2 Å². The van der Waals surface area contributed by atoms with Crippen LogP contribution in [0.25, 0.3) is 0 Å². The normalized spacial score (nSPS) is 17.1. The minimum atomic E-state index is -0.487. The number of halogens is 1. The number of hydrogen-bond donors (Lipinski definition) is 3. The van der Waals surface area contributed by atoms with E-state index < -0.39 is 6.04 Å². The lowest BCUT2D eigenvalue weighted by atomic mass is 9.95. The van der Waals surface area contributed by atoms with Crippen molar-refractivity contribution in [2.24, 2.45) is 0 Å². The van der Waals surface area contributed by atoms with Crippen LogP contribution in [0, 0.1) is 3.57 Å². The average molecular weight is 433 g/mol. The zero-order valence-electron chi connectivity index (χ0n) is 13.0. The van der Waals surface area contributed by atoms with Gasteiger partial charge in [-0.05, 0) is 59.3 Å². The Hall–Kier alpha value is -2.35. The van der Waals surface area contributed by atoms with Gasteiger partial charge in [0.2, 0.25) is 0 Å². The van der Waals surface area contributed by atoms with Gasteiger partial charge in [0.1, 0.15) is 0 Å². The van der Waals surface area contributed by atoms with Gasteiger partial charge in [-0.2, -0.15) is 0 Å². The molecule has 0 aromatic heterocycles. The van der Waals surface area contributed by atoms with E-state index in [-0.39, 0.29) is 11.9 Å². The molecule has 0 unspecified atom stereocenters. The molecule has 24 heavy (non-hydrogen) atoms. The number of allylic oxidation sites excluding steroid dienone is 1. The van der Waals surface area contributed by atoms with Crippen LogP contribution in [0.5, 0.6) is 0 Å². The first-order chi connectivity index (χ1) is 11.5. The maximum Gasteiger partial charge on any atom is 0.319 e. The van der Waals surface area contributed by atoms with Crippen molar-refractivity contribution in [2.75, 3.05) is 5.32 Å². The number of nitrogens with one attached hydrogen (secondary N) is 3. The van der Waals surface area contributed by atoms with E-state index in [4.69, 9.17) is 0 Å². The molecule has 122 valence electrons. The lowest BCUT2D eigenvalue weighted by molar-refractivity contribution is -0.113. The second kappa shape index (κ2) is 7.04. The Balaban J connectivity index is 1.94. The lowest BCUT2D eigenvalue weighted by Gasteiger charge is -2.28. The number of rotatable bonds is 3. The van der Waals surface area contributed by atoms with Crippen molar-refractivity contribution in [3.8, 4) is 0 Å². The topological polar surface area (TPSA) is 70.2 Å². The zero-order chi connectivity index (χ0) is 17.1. The SMILES string of the molecule is CC1=C(C(=O)Nc2ccccc2)[C@@H](c2ccc(I)cc2)NC(=O)N1. The molecule has 3 rings (SSSR count). The van der Waals surface area contributed by atoms with E-state index in [1.165, 1.54) is 0 Å². The van der Waals surface area contributed by atoms with Crippen LogP contribution in [0.4, 0.5) is 10.5 Å². The van der Waals surface area contributed by atoms with E-state index in [2.05, 4.69) is 38.5 Å². The first-order valence-electron chi connectivity index (χ1n) is 7.45. The molecule has 2 aromatic rings. The van der Waals surface area contributed by atoms with E-state index in [0.29, 0.717) is 17.0 Å². The van der Waals surface area contributed by atoms with Gasteiger partial charge in [-0.1, -0.05) is 30.3 Å². The monoisotopic (exact) mass is 433 g/mol. The van der Waals surface area contributed by atoms with Crippen molar-refractivity contribution in [2.45, 2.75) is 13.0 Å². The molecular formula is C18H16IN3O2. The quantitative estimate of drug-likeness (QED) is 0.648. The number of urea groups is 1. The number of carbonyl (C=O) groups is 2. The van der Waals surface area contributed by atoms with E-state index in [1.54, 1.807) is 6.92 Å². The van der Waals surface area contributed by atoms with Crippen LogP contribution in [-0.2, 0) is 4.79 Å². The third kappa shape index (κ3) is 3.59. The van der Waals surface area contributed by atoms with Crippen LogP contribution < -0.4 is 16.0 Å². The highest BCUT2D eigenvalue weighted by atomic mass is 127. The van der Waals surface area contributed by atoms with Crippen LogP contribution in [-0.4, -0.2) is 11.9 Å². The summed E-state index contributed by atoms with van der Waals surface area (Å²) in [5.74, 6) is -0.241. The second-order valence-corrected chi connectivity index (χ2v) is 6.69. The van der Waals surface area contributed by atoms with Gasteiger partial charge in [0.25, 0.3) is 5.91 Å². The molecule has 5 nitrogen and oxygen atoms in total. The summed E-state index contributed by atoms with van der Waals surface area (Å²) < 4.78 is 1.09. The molecule has 0 aliphatic carbocycles. The number of anilines is 1. The maximum absolute atomic E-state index is 12.8. The number of carbonyl (C=O) groups excluding carboxylic acids is 2. The Labute approximate surface area is 153 Å². The highest BCUT2D eigenvalue weighted by molar-refractivity contribution is 14.1. The van der Waals surface area contributed by atoms with Gasteiger partial charge in [-0.15, -0.1) is 0 Å². The molecule has 0 radical (unpaired) electrons. The molecule has 6 heteroatoms. The largest absolute Gasteiger partial charge is 0.327 e. The summed E-state index contributed by atoms with van der Waals surface area (Å²) >= 11 is 2.22. The molecule has 1 atom stereocenters. The lowest BCUT2D eigenvalue weighted by Crippen LogP contribution is -2.45. The summed E-state index contributed by atoms with van der Waals surface area (Å²) in [5.41, 5.74) is 2.62. The molecule has 0 bridgehead atoms. The molecule has 0 saturated heterocycles. The van der Waals surface area contributed by atoms with E-state index in [9.17, 15) is 9.59 Å². The number of amides is 3. The minimum absolute atomic E-state index is 0.241. The highest BCUT2D eigenvalue weighted by Gasteiger charge is 2.31. The summed E-state index contributed by atoms with van der Waals surface area (Å²) in [5, 5.41) is 8.38. The Morgan fingerprint density at radius 1 is 1.08 bits per heavy atom. The van der Waals surface area contributed by atoms with Crippen LogP contribution >= 0.6 is 22.6 Å². The maximum atomic E-state index is 12.8. The van der Waals surface area contributed by atoms with Crippen LogP contribution in [0.1, 0.15) is 18.5 Å². The minimum Gasteiger partial charge on any atom is -0.327 e. The van der Waals surface area contributed by atoms with Gasteiger partial charge in [0.05, 0.1) is 11.6 Å². The van der Waals surface area contributed by atoms with Crippen molar-refractivity contribution in [1.82, 2.24) is 10.6 Å². The third-order valence-corrected chi connectivity index (χ3v) is 4.47. The second-order valence-electron chi connectivity index (χ2n) is 5.44. The molecule has 0 saturated carbocycles. The molecule has 1 heterocycles. The summed E-state index contributed by atoms with van der Waals surface area (Å²) in [6.45, 7) is 1.73. The Kier molecular flexibility index (Phi) is 4.84. The van der Waals surface area contributed by atoms with Crippen LogP contribution in [0.15, 0.2) is 65.9 Å². The Morgan fingerprint density at radius 3 is 2.42 bits per heavy atom. The van der Waals surface area contributed by atoms with Gasteiger partial charge < -0.3 is 16.0 Å². The van der Waals surface area contributed by atoms with Gasteiger partial charge in [0, 0.05) is 15.0 Å². The first-order valence-corrected chi connectivity index (χ1v) is 8.52. The van der Waals surface area contributed by atoms with Gasteiger partial charge in [0.15, 0.2) is 0 Å². The number of benzene rings is 2. The molecule has 3 amide bonds. The predicted octanol–water partition coefficient (Wildman–Crippen LogP) is 3.56. The van der Waals surface area contributed by atoms with Crippen molar-refractivity contribution in [1.29, 1.82) is 0 Å². The van der Waals surface area contributed by atoms with Gasteiger partial charge >= 0.3 is 6.03 Å². The average Bonchev–Trinajstić information content (AvgIpc) is 2.55. The first kappa shape index (κ1) is 16.5. The summed E-state index contributed by atoms with van der Waals surface area (Å²) in [6, 6.07) is 16.2. The van der Waals surface area contributed by atoms with Crippen molar-refractivity contribution < 1.29 is 9.59 Å². The van der Waals surface area contributed by atoms with Crippen molar-refractivity contribution in [3.63, 3.8) is 0 Å². The fourth-order valence-electron chi connectivity index (χ4n) is 2.62. The Bertz CT molecular complexity index is 801. The van der Waals surface area contributed by atoms with Crippen LogP contribution in [0.2, 0.25) is 0 Å². The predicted molar refractivity (Wildman–Crippen MR) is 101 cm³/mol. The smallest absolute Gasteiger partial charge is 0.319 e. The zero-order valence-corrected chi connectivity index (χ0v) is 15.1. The molecule has 0 spiro atoms. The molecule has 0 fully saturated rings. The highest BCUT2D eigenvalue weighted by Crippen LogP contribution is 2.28. The third-order valence-electron chi connectivity index (χ3n) is 3.75. The Morgan fingerprint density at radius 2 is 1.75 bits per heavy atom. The fourth-order valence-corrected chi connectivity index (χ4v) is 2.98. The fraction of sp³-hybridized carbons (Fsp3) is 0.111. The molecule has 3 N–H and O–H groups in total. The molecular weight excluding hydrogens is 417 g/mol. The number of hydrogen-bond acceptors (Lipinski definition) is 2. The van der Waals surface area contributed by atoms with E-state index >= 15 is 0 Å². The summed E-state index contributed by atoms with van der Waals surface area (Å²) in [4.78, 5) is 24.6. The van der Waals surface area contributed by atoms with E-state index in [0.717, 1.165) is 9.13 Å². The molecule has 2 aromatic carbocycles. The van der Waals surface area contributed by atoms with Gasteiger partial charge in [-0.3, -0.25) is 4.79 Å². The van der Waals surface area contributed by atoms with Crippen molar-refractivity contribution in [3.05, 3.63) is 75.0 Å². The van der Waals surface area contributed by atoms with Gasteiger partial charge in [-0.25, -0.2) is 4.79 Å².